The number of hydrogen-bond donors (Lipinski definition) is 3. The summed E-state index contributed by atoms with van der Waals surface area (Å²) >= 11 is 6.08. The normalized spacial score (nSPS) is 10.6. The Morgan fingerprint density at radius 3 is 2.84 bits per heavy atom. The summed E-state index contributed by atoms with van der Waals surface area (Å²) in [5.74, 6) is 0.168. The van der Waals surface area contributed by atoms with E-state index in [1.165, 1.54) is 6.07 Å². The van der Waals surface area contributed by atoms with Gasteiger partial charge in [-0.1, -0.05) is 23.7 Å². The van der Waals surface area contributed by atoms with Crippen molar-refractivity contribution in [2.45, 2.75) is 12.8 Å². The van der Waals surface area contributed by atoms with Gasteiger partial charge in [-0.05, 0) is 54.0 Å². The molecule has 1 aromatic heterocycles. The lowest BCUT2D eigenvalue weighted by Gasteiger charge is -2.09. The fourth-order valence-electron chi connectivity index (χ4n) is 2.50. The van der Waals surface area contributed by atoms with Crippen molar-refractivity contribution in [3.63, 3.8) is 0 Å². The number of aromatic amines is 1. The second-order valence-electron chi connectivity index (χ2n) is 5.41. The highest BCUT2D eigenvalue weighted by atomic mass is 35.5. The van der Waals surface area contributed by atoms with Gasteiger partial charge in [0.2, 0.25) is 5.82 Å². The lowest BCUT2D eigenvalue weighted by Crippen LogP contribution is -2.24. The molecule has 25 heavy (non-hydrogen) atoms. The van der Waals surface area contributed by atoms with Gasteiger partial charge in [-0.2, -0.15) is 5.21 Å². The number of tetrazole rings is 1. The molecule has 0 bridgehead atoms. The van der Waals surface area contributed by atoms with Gasteiger partial charge < -0.3 is 10.4 Å². The maximum absolute atomic E-state index is 12.1. The number of benzene rings is 2. The number of rotatable bonds is 6. The zero-order chi connectivity index (χ0) is 17.6. The third-order valence-corrected chi connectivity index (χ3v) is 3.95. The summed E-state index contributed by atoms with van der Waals surface area (Å²) in [4.78, 5) is 12.1. The molecule has 1 amide bonds. The molecule has 3 rings (SSSR count). The van der Waals surface area contributed by atoms with Crippen LogP contribution in [0.5, 0.6) is 5.75 Å². The number of aromatic hydroxyl groups is 1. The topological polar surface area (TPSA) is 104 Å². The zero-order valence-corrected chi connectivity index (χ0v) is 14.0. The van der Waals surface area contributed by atoms with Crippen LogP contribution in [-0.2, 0) is 6.42 Å². The van der Waals surface area contributed by atoms with E-state index in [0.29, 0.717) is 30.2 Å². The largest absolute Gasteiger partial charge is 0.507 e. The average Bonchev–Trinajstić information content (AvgIpc) is 3.13. The van der Waals surface area contributed by atoms with Crippen LogP contribution in [0.3, 0.4) is 0 Å². The van der Waals surface area contributed by atoms with Crippen molar-refractivity contribution in [3.8, 4) is 17.1 Å². The van der Waals surface area contributed by atoms with E-state index < -0.39 is 0 Å². The number of carbonyl (C=O) groups is 1. The van der Waals surface area contributed by atoms with Crippen molar-refractivity contribution < 1.29 is 9.90 Å². The third-order valence-electron chi connectivity index (χ3n) is 3.71. The SMILES string of the molecule is O=C(NCCCc1cc(Cl)ccc1-c1nn[nH]n1)c1ccccc1O. The lowest BCUT2D eigenvalue weighted by atomic mass is 10.0. The molecule has 0 aliphatic rings. The summed E-state index contributed by atoms with van der Waals surface area (Å²) in [6.07, 6.45) is 1.38. The molecule has 0 radical (unpaired) electrons. The number of para-hydroxylation sites is 1. The Balaban J connectivity index is 1.60. The Hall–Kier alpha value is -2.93. The van der Waals surface area contributed by atoms with Gasteiger partial charge in [0, 0.05) is 17.1 Å². The molecule has 0 atom stereocenters. The zero-order valence-electron chi connectivity index (χ0n) is 13.2. The smallest absolute Gasteiger partial charge is 0.255 e. The van der Waals surface area contributed by atoms with Gasteiger partial charge in [0.15, 0.2) is 0 Å². The Bertz CT molecular complexity index is 867. The van der Waals surface area contributed by atoms with E-state index in [0.717, 1.165) is 11.1 Å². The van der Waals surface area contributed by atoms with E-state index in [2.05, 4.69) is 25.9 Å². The highest BCUT2D eigenvalue weighted by molar-refractivity contribution is 6.30. The molecule has 3 N–H and O–H groups in total. The molecule has 0 aliphatic carbocycles. The van der Waals surface area contributed by atoms with E-state index in [1.807, 2.05) is 12.1 Å². The number of aryl methyl sites for hydroxylation is 1. The Morgan fingerprint density at radius 1 is 1.24 bits per heavy atom. The number of amides is 1. The van der Waals surface area contributed by atoms with Crippen LogP contribution in [-0.4, -0.2) is 38.2 Å². The van der Waals surface area contributed by atoms with E-state index in [1.54, 1.807) is 24.3 Å². The quantitative estimate of drug-likeness (QED) is 0.588. The van der Waals surface area contributed by atoms with Gasteiger partial charge in [0.25, 0.3) is 5.91 Å². The molecule has 0 saturated carbocycles. The summed E-state index contributed by atoms with van der Waals surface area (Å²) < 4.78 is 0. The molecule has 0 fully saturated rings. The van der Waals surface area contributed by atoms with Gasteiger partial charge >= 0.3 is 0 Å². The van der Waals surface area contributed by atoms with Crippen molar-refractivity contribution in [1.82, 2.24) is 25.9 Å². The fourth-order valence-corrected chi connectivity index (χ4v) is 2.70. The minimum Gasteiger partial charge on any atom is -0.507 e. The first kappa shape index (κ1) is 16.9. The molecule has 0 saturated heterocycles. The minimum atomic E-state index is -0.303. The number of H-pyrrole nitrogens is 1. The Kier molecular flexibility index (Phi) is 5.25. The van der Waals surface area contributed by atoms with E-state index in [4.69, 9.17) is 11.6 Å². The molecule has 3 aromatic rings. The van der Waals surface area contributed by atoms with Gasteiger partial charge in [0.05, 0.1) is 5.56 Å². The molecule has 2 aromatic carbocycles. The monoisotopic (exact) mass is 357 g/mol. The first-order valence-corrected chi connectivity index (χ1v) is 8.11. The number of carbonyl (C=O) groups excluding carboxylic acids is 1. The van der Waals surface area contributed by atoms with Gasteiger partial charge in [0.1, 0.15) is 5.75 Å². The first-order chi connectivity index (χ1) is 12.1. The maximum atomic E-state index is 12.1. The summed E-state index contributed by atoms with van der Waals surface area (Å²) in [5.41, 5.74) is 2.09. The van der Waals surface area contributed by atoms with Crippen molar-refractivity contribution in [3.05, 3.63) is 58.6 Å². The van der Waals surface area contributed by atoms with Gasteiger partial charge in [-0.3, -0.25) is 4.79 Å². The summed E-state index contributed by atoms with van der Waals surface area (Å²) in [7, 11) is 0. The van der Waals surface area contributed by atoms with Gasteiger partial charge in [-0.25, -0.2) is 0 Å². The average molecular weight is 358 g/mol. The second kappa shape index (κ2) is 7.76. The molecule has 128 valence electrons. The molecule has 7 nitrogen and oxygen atoms in total. The Morgan fingerprint density at radius 2 is 2.08 bits per heavy atom. The number of aromatic nitrogens is 4. The van der Waals surface area contributed by atoms with Crippen molar-refractivity contribution in [1.29, 1.82) is 0 Å². The molecule has 0 spiro atoms. The third kappa shape index (κ3) is 4.13. The van der Waals surface area contributed by atoms with Crippen LogP contribution in [0, 0.1) is 0 Å². The number of halogens is 1. The van der Waals surface area contributed by atoms with E-state index in [9.17, 15) is 9.90 Å². The first-order valence-electron chi connectivity index (χ1n) is 7.73. The van der Waals surface area contributed by atoms with Crippen LogP contribution in [0.25, 0.3) is 11.4 Å². The van der Waals surface area contributed by atoms with Gasteiger partial charge in [-0.15, -0.1) is 10.2 Å². The standard InChI is InChI=1S/C17H16ClN5O2/c18-12-7-8-13(16-20-22-23-21-16)11(10-12)4-3-9-19-17(25)14-5-1-2-6-15(14)24/h1-2,5-8,10,24H,3-4,9H2,(H,19,25)(H,20,21,22,23). The number of phenolic OH excluding ortho intramolecular Hbond substituents is 1. The van der Waals surface area contributed by atoms with Crippen LogP contribution in [0.1, 0.15) is 22.3 Å². The highest BCUT2D eigenvalue weighted by Gasteiger charge is 2.11. The van der Waals surface area contributed by atoms with E-state index >= 15 is 0 Å². The van der Waals surface area contributed by atoms with Crippen molar-refractivity contribution in [2.24, 2.45) is 0 Å². The van der Waals surface area contributed by atoms with Crippen LogP contribution in [0.4, 0.5) is 0 Å². The minimum absolute atomic E-state index is 0.0331. The molecule has 0 unspecified atom stereocenters. The van der Waals surface area contributed by atoms with Crippen LogP contribution < -0.4 is 5.32 Å². The number of nitrogens with one attached hydrogen (secondary N) is 2. The lowest BCUT2D eigenvalue weighted by molar-refractivity contribution is 0.0950. The summed E-state index contributed by atoms with van der Waals surface area (Å²) in [6.45, 7) is 0.464. The number of nitrogens with zero attached hydrogens (tertiary/aromatic N) is 3. The van der Waals surface area contributed by atoms with E-state index in [-0.39, 0.29) is 17.2 Å². The Labute approximate surface area is 149 Å². The van der Waals surface area contributed by atoms with Crippen LogP contribution in [0.15, 0.2) is 42.5 Å². The number of phenols is 1. The molecular formula is C17H16ClN5O2. The summed E-state index contributed by atoms with van der Waals surface area (Å²) in [5, 5.41) is 27.1. The molecule has 0 aliphatic heterocycles. The maximum Gasteiger partial charge on any atom is 0.255 e. The fraction of sp³-hybridized carbons (Fsp3) is 0.176. The predicted molar refractivity (Wildman–Crippen MR) is 93.4 cm³/mol. The van der Waals surface area contributed by atoms with Crippen molar-refractivity contribution >= 4 is 17.5 Å². The van der Waals surface area contributed by atoms with Crippen LogP contribution >= 0.6 is 11.6 Å². The second-order valence-corrected chi connectivity index (χ2v) is 5.85. The number of hydrogen-bond acceptors (Lipinski definition) is 5. The highest BCUT2D eigenvalue weighted by Crippen LogP contribution is 2.24. The summed E-state index contributed by atoms with van der Waals surface area (Å²) in [6, 6.07) is 11.9. The molecular weight excluding hydrogens is 342 g/mol. The van der Waals surface area contributed by atoms with Crippen LogP contribution in [0.2, 0.25) is 5.02 Å². The predicted octanol–water partition coefficient (Wildman–Crippen LogP) is 2.59. The van der Waals surface area contributed by atoms with Crippen molar-refractivity contribution in [2.75, 3.05) is 6.54 Å². The molecule has 1 heterocycles. The molecule has 8 heteroatoms.